The van der Waals surface area contributed by atoms with Crippen molar-refractivity contribution >= 4 is 5.91 Å². The van der Waals surface area contributed by atoms with Gasteiger partial charge in [-0.05, 0) is 47.9 Å². The normalized spacial score (nSPS) is 13.6. The molecule has 1 aliphatic heterocycles. The first-order chi connectivity index (χ1) is 18.6. The molecule has 0 aliphatic carbocycles. The van der Waals surface area contributed by atoms with E-state index in [-0.39, 0.29) is 17.6 Å². The van der Waals surface area contributed by atoms with E-state index in [1.165, 1.54) is 0 Å². The minimum absolute atomic E-state index is 0.0181. The number of aromatic nitrogens is 1. The molecule has 194 valence electrons. The molecule has 3 aromatic carbocycles. The molecule has 0 bridgehead atoms. The Morgan fingerprint density at radius 2 is 1.79 bits per heavy atom. The Morgan fingerprint density at radius 3 is 2.53 bits per heavy atom. The van der Waals surface area contributed by atoms with Crippen LogP contribution in [0.4, 0.5) is 0 Å². The fourth-order valence-electron chi connectivity index (χ4n) is 4.78. The largest absolute Gasteiger partial charge is 0.508 e. The molecule has 1 aromatic heterocycles. The molecule has 1 aliphatic rings. The van der Waals surface area contributed by atoms with Gasteiger partial charge < -0.3 is 24.2 Å². The van der Waals surface area contributed by atoms with Gasteiger partial charge in [-0.15, -0.1) is 0 Å². The van der Waals surface area contributed by atoms with Crippen molar-refractivity contribution in [2.75, 3.05) is 27.4 Å². The maximum atomic E-state index is 14.1. The molecule has 2 heterocycles. The Morgan fingerprint density at radius 1 is 1.00 bits per heavy atom. The van der Waals surface area contributed by atoms with Gasteiger partial charge in [0.15, 0.2) is 11.5 Å². The standard InChI is InChI=1S/C31H30N2O5/c1-36-28-19-23(27-9-6-10-29(32-27)37-2)18-24-20-33(15-16-38-30(24)28)31(35)26(22-7-4-3-5-8-22)17-21-11-13-25(34)14-12-21/h3-14,18-19,26,34H,15-17,20H2,1-2H3/t26-/m1/s1. The number of phenols is 1. The number of fused-ring (bicyclic) bond motifs is 1. The van der Waals surface area contributed by atoms with Crippen LogP contribution in [0.15, 0.2) is 84.9 Å². The van der Waals surface area contributed by atoms with Crippen LogP contribution in [0.2, 0.25) is 0 Å². The molecule has 5 rings (SSSR count). The van der Waals surface area contributed by atoms with Crippen molar-refractivity contribution in [1.29, 1.82) is 0 Å². The van der Waals surface area contributed by atoms with E-state index in [0.717, 1.165) is 27.9 Å². The number of ether oxygens (including phenoxy) is 3. The minimum atomic E-state index is -0.382. The highest BCUT2D eigenvalue weighted by Gasteiger charge is 2.29. The number of hydrogen-bond donors (Lipinski definition) is 1. The molecule has 0 saturated heterocycles. The second kappa shape index (κ2) is 11.3. The topological polar surface area (TPSA) is 81.1 Å². The summed E-state index contributed by atoms with van der Waals surface area (Å²) < 4.78 is 17.1. The smallest absolute Gasteiger partial charge is 0.230 e. The van der Waals surface area contributed by atoms with Gasteiger partial charge in [-0.1, -0.05) is 48.5 Å². The quantitative estimate of drug-likeness (QED) is 0.367. The lowest BCUT2D eigenvalue weighted by molar-refractivity contribution is -0.133. The number of aromatic hydroxyl groups is 1. The van der Waals surface area contributed by atoms with Gasteiger partial charge in [0, 0.05) is 23.7 Å². The number of carbonyl (C=O) groups is 1. The molecule has 1 amide bonds. The van der Waals surface area contributed by atoms with E-state index in [1.54, 1.807) is 32.4 Å². The van der Waals surface area contributed by atoms with Gasteiger partial charge in [0.05, 0.1) is 32.4 Å². The van der Waals surface area contributed by atoms with E-state index in [4.69, 9.17) is 14.2 Å². The molecule has 1 N–H and O–H groups in total. The van der Waals surface area contributed by atoms with E-state index in [2.05, 4.69) is 4.98 Å². The van der Waals surface area contributed by atoms with Gasteiger partial charge in [0.1, 0.15) is 12.4 Å². The Bertz CT molecular complexity index is 1410. The summed E-state index contributed by atoms with van der Waals surface area (Å²) in [7, 11) is 3.20. The first kappa shape index (κ1) is 25.1. The van der Waals surface area contributed by atoms with Crippen molar-refractivity contribution in [2.24, 2.45) is 0 Å². The number of benzene rings is 3. The van der Waals surface area contributed by atoms with E-state index in [9.17, 15) is 9.90 Å². The van der Waals surface area contributed by atoms with Crippen LogP contribution < -0.4 is 14.2 Å². The predicted octanol–water partition coefficient (Wildman–Crippen LogP) is 5.22. The summed E-state index contributed by atoms with van der Waals surface area (Å²) in [4.78, 5) is 20.5. The first-order valence-electron chi connectivity index (χ1n) is 12.5. The molecule has 0 unspecified atom stereocenters. The molecule has 38 heavy (non-hydrogen) atoms. The predicted molar refractivity (Wildman–Crippen MR) is 145 cm³/mol. The maximum Gasteiger partial charge on any atom is 0.230 e. The van der Waals surface area contributed by atoms with Gasteiger partial charge in [0.25, 0.3) is 0 Å². The second-order valence-electron chi connectivity index (χ2n) is 9.17. The molecular formula is C31H30N2O5. The number of rotatable bonds is 7. The average Bonchev–Trinajstić information content (AvgIpc) is 3.19. The first-order valence-corrected chi connectivity index (χ1v) is 12.5. The summed E-state index contributed by atoms with van der Waals surface area (Å²) in [5.74, 6) is 1.60. The van der Waals surface area contributed by atoms with Crippen LogP contribution in [0.5, 0.6) is 23.1 Å². The van der Waals surface area contributed by atoms with Gasteiger partial charge in [0.2, 0.25) is 11.8 Å². The maximum absolute atomic E-state index is 14.1. The highest BCUT2D eigenvalue weighted by Crippen LogP contribution is 2.39. The van der Waals surface area contributed by atoms with E-state index in [0.29, 0.717) is 43.5 Å². The lowest BCUT2D eigenvalue weighted by Crippen LogP contribution is -2.37. The number of methoxy groups -OCH3 is 2. The third-order valence-corrected chi connectivity index (χ3v) is 6.74. The van der Waals surface area contributed by atoms with Crippen LogP contribution in [0.25, 0.3) is 11.3 Å². The van der Waals surface area contributed by atoms with E-state index in [1.807, 2.05) is 71.6 Å². The molecule has 0 radical (unpaired) electrons. The molecule has 7 heteroatoms. The van der Waals surface area contributed by atoms with Crippen molar-refractivity contribution in [3.8, 4) is 34.4 Å². The highest BCUT2D eigenvalue weighted by molar-refractivity contribution is 5.84. The Hall–Kier alpha value is -4.52. The van der Waals surface area contributed by atoms with Crippen LogP contribution in [-0.2, 0) is 17.8 Å². The van der Waals surface area contributed by atoms with E-state index < -0.39 is 0 Å². The van der Waals surface area contributed by atoms with Crippen molar-refractivity contribution in [2.45, 2.75) is 18.9 Å². The summed E-state index contributed by atoms with van der Waals surface area (Å²) in [5, 5.41) is 9.71. The molecule has 1 atom stereocenters. The zero-order valence-corrected chi connectivity index (χ0v) is 21.5. The Labute approximate surface area is 222 Å². The van der Waals surface area contributed by atoms with E-state index >= 15 is 0 Å². The zero-order chi connectivity index (χ0) is 26.5. The Balaban J connectivity index is 1.49. The van der Waals surface area contributed by atoms with Crippen LogP contribution in [0, 0.1) is 0 Å². The highest BCUT2D eigenvalue weighted by atomic mass is 16.5. The molecule has 7 nitrogen and oxygen atoms in total. The van der Waals surface area contributed by atoms with Crippen molar-refractivity contribution in [1.82, 2.24) is 9.88 Å². The molecule has 4 aromatic rings. The number of pyridine rings is 1. The third kappa shape index (κ3) is 5.42. The lowest BCUT2D eigenvalue weighted by Gasteiger charge is -2.26. The summed E-state index contributed by atoms with van der Waals surface area (Å²) >= 11 is 0. The number of phenolic OH excluding ortho intramolecular Hbond substituents is 1. The zero-order valence-electron chi connectivity index (χ0n) is 21.5. The van der Waals surface area contributed by atoms with Crippen LogP contribution >= 0.6 is 0 Å². The van der Waals surface area contributed by atoms with Gasteiger partial charge >= 0.3 is 0 Å². The molecular weight excluding hydrogens is 480 g/mol. The van der Waals surface area contributed by atoms with Gasteiger partial charge in [-0.25, -0.2) is 4.98 Å². The third-order valence-electron chi connectivity index (χ3n) is 6.74. The van der Waals surface area contributed by atoms with Crippen LogP contribution in [0.1, 0.15) is 22.6 Å². The van der Waals surface area contributed by atoms with Crippen molar-refractivity contribution in [3.63, 3.8) is 0 Å². The van der Waals surface area contributed by atoms with Crippen molar-refractivity contribution in [3.05, 3.63) is 102 Å². The van der Waals surface area contributed by atoms with Crippen LogP contribution in [-0.4, -0.2) is 48.3 Å². The lowest BCUT2D eigenvalue weighted by atomic mass is 9.90. The number of hydrogen-bond acceptors (Lipinski definition) is 6. The average molecular weight is 511 g/mol. The van der Waals surface area contributed by atoms with Crippen LogP contribution in [0.3, 0.4) is 0 Å². The minimum Gasteiger partial charge on any atom is -0.508 e. The molecule has 0 saturated carbocycles. The van der Waals surface area contributed by atoms with Gasteiger partial charge in [-0.2, -0.15) is 0 Å². The number of amides is 1. The van der Waals surface area contributed by atoms with Crippen molar-refractivity contribution < 1.29 is 24.1 Å². The van der Waals surface area contributed by atoms with Gasteiger partial charge in [-0.3, -0.25) is 4.79 Å². The summed E-state index contributed by atoms with van der Waals surface area (Å²) in [5.41, 5.74) is 4.36. The summed E-state index contributed by atoms with van der Waals surface area (Å²) in [6, 6.07) is 26.3. The molecule has 0 spiro atoms. The monoisotopic (exact) mass is 510 g/mol. The number of nitrogens with zero attached hydrogens (tertiary/aromatic N) is 2. The fourth-order valence-corrected chi connectivity index (χ4v) is 4.78. The molecule has 0 fully saturated rings. The SMILES string of the molecule is COc1cccc(-c2cc3c(c(OC)c2)OCCN(C(=O)[C@H](Cc2ccc(O)cc2)c2ccccc2)C3)n1. The summed E-state index contributed by atoms with van der Waals surface area (Å²) in [6.07, 6.45) is 0.518. The summed E-state index contributed by atoms with van der Waals surface area (Å²) in [6.45, 7) is 1.18. The fraction of sp³-hybridized carbons (Fsp3) is 0.226. The number of carbonyl (C=O) groups excluding carboxylic acids is 1. The Kier molecular flexibility index (Phi) is 7.45. The second-order valence-corrected chi connectivity index (χ2v) is 9.17.